The summed E-state index contributed by atoms with van der Waals surface area (Å²) in [6, 6.07) is 6.61. The maximum Gasteiger partial charge on any atom is 0.276 e. The number of amides is 1. The molecule has 2 heterocycles. The van der Waals surface area contributed by atoms with Crippen LogP contribution in [0.3, 0.4) is 0 Å². The molecule has 1 aromatic heterocycles. The topological polar surface area (TPSA) is 83.7 Å². The zero-order valence-electron chi connectivity index (χ0n) is 14.0. The molecule has 0 atom stereocenters. The Hall–Kier alpha value is -2.26. The van der Waals surface area contributed by atoms with Gasteiger partial charge in [-0.25, -0.2) is 12.8 Å². The molecule has 0 radical (unpaired) electrons. The van der Waals surface area contributed by atoms with E-state index in [0.717, 1.165) is 24.7 Å². The Morgan fingerprint density at radius 3 is 2.54 bits per heavy atom. The van der Waals surface area contributed by atoms with Crippen LogP contribution in [-0.2, 0) is 10.0 Å². The first-order valence-electron chi connectivity index (χ1n) is 8.47. The lowest BCUT2D eigenvalue weighted by Gasteiger charge is -2.33. The van der Waals surface area contributed by atoms with Gasteiger partial charge in [-0.15, -0.1) is 0 Å². The number of hydrogen-bond acceptors (Lipinski definition) is 5. The molecule has 9 heteroatoms. The quantitative estimate of drug-likeness (QED) is 0.809. The van der Waals surface area contributed by atoms with Crippen LogP contribution in [0, 0.1) is 5.82 Å². The lowest BCUT2D eigenvalue weighted by atomic mass is 10.2. The molecule has 0 bridgehead atoms. The predicted octanol–water partition coefficient (Wildman–Crippen LogP) is 1.84. The van der Waals surface area contributed by atoms with Gasteiger partial charge in [0.15, 0.2) is 5.69 Å². The van der Waals surface area contributed by atoms with Gasteiger partial charge in [0, 0.05) is 38.2 Å². The highest BCUT2D eigenvalue weighted by atomic mass is 32.2. The van der Waals surface area contributed by atoms with E-state index in [1.54, 1.807) is 11.0 Å². The van der Waals surface area contributed by atoms with Gasteiger partial charge in [-0.05, 0) is 31.0 Å². The van der Waals surface area contributed by atoms with Gasteiger partial charge in [-0.3, -0.25) is 4.79 Å². The summed E-state index contributed by atoms with van der Waals surface area (Å²) in [5.41, 5.74) is 0.258. The van der Waals surface area contributed by atoms with E-state index >= 15 is 0 Å². The van der Waals surface area contributed by atoms with E-state index in [9.17, 15) is 17.6 Å². The van der Waals surface area contributed by atoms with Crippen LogP contribution in [0.4, 0.5) is 4.39 Å². The van der Waals surface area contributed by atoms with Crippen LogP contribution in [0.25, 0.3) is 0 Å². The highest BCUT2D eigenvalue weighted by Crippen LogP contribution is 2.40. The molecule has 138 valence electrons. The summed E-state index contributed by atoms with van der Waals surface area (Å²) in [5, 5.41) is 3.84. The molecule has 1 saturated heterocycles. The van der Waals surface area contributed by atoms with Crippen molar-refractivity contribution in [2.75, 3.05) is 26.2 Å². The van der Waals surface area contributed by atoms with Gasteiger partial charge >= 0.3 is 0 Å². The SMILES string of the molecule is O=C(c1cc(C2CC2)on1)N1CCN(S(=O)(=O)c2cccc(F)c2)CC1. The molecule has 0 unspecified atom stereocenters. The second-order valence-corrected chi connectivity index (χ2v) is 8.48. The molecule has 2 fully saturated rings. The average molecular weight is 379 g/mol. The average Bonchev–Trinajstić information content (AvgIpc) is 3.38. The summed E-state index contributed by atoms with van der Waals surface area (Å²) in [5.74, 6) is 0.249. The standard InChI is InChI=1S/C17H18FN3O4S/c18-13-2-1-3-14(10-13)26(23,24)21-8-6-20(7-9-21)17(22)15-11-16(25-19-15)12-4-5-12/h1-3,10-12H,4-9H2. The first-order chi connectivity index (χ1) is 12.4. The fourth-order valence-corrected chi connectivity index (χ4v) is 4.47. The molecule has 0 N–H and O–H groups in total. The van der Waals surface area contributed by atoms with Gasteiger partial charge in [0.25, 0.3) is 5.91 Å². The highest BCUT2D eigenvalue weighted by Gasteiger charge is 2.33. The number of carbonyl (C=O) groups is 1. The van der Waals surface area contributed by atoms with Crippen molar-refractivity contribution in [1.29, 1.82) is 0 Å². The number of aromatic nitrogens is 1. The number of hydrogen-bond donors (Lipinski definition) is 0. The molecule has 2 aromatic rings. The number of benzene rings is 1. The Morgan fingerprint density at radius 1 is 1.15 bits per heavy atom. The Morgan fingerprint density at radius 2 is 1.88 bits per heavy atom. The molecule has 4 rings (SSSR count). The van der Waals surface area contributed by atoms with E-state index in [0.29, 0.717) is 5.92 Å². The maximum absolute atomic E-state index is 13.3. The maximum atomic E-state index is 13.3. The fourth-order valence-electron chi connectivity index (χ4n) is 3.02. The Bertz CT molecular complexity index is 931. The van der Waals surface area contributed by atoms with Crippen molar-refractivity contribution in [3.8, 4) is 0 Å². The molecule has 1 aliphatic heterocycles. The highest BCUT2D eigenvalue weighted by molar-refractivity contribution is 7.89. The van der Waals surface area contributed by atoms with Gasteiger partial charge in [0.2, 0.25) is 10.0 Å². The normalized spacial score (nSPS) is 18.9. The van der Waals surface area contributed by atoms with Gasteiger partial charge in [-0.2, -0.15) is 4.31 Å². The predicted molar refractivity (Wildman–Crippen MR) is 89.5 cm³/mol. The molecule has 7 nitrogen and oxygen atoms in total. The van der Waals surface area contributed by atoms with Crippen molar-refractivity contribution < 1.29 is 22.1 Å². The molecular weight excluding hydrogens is 361 g/mol. The van der Waals surface area contributed by atoms with Crippen LogP contribution in [0.15, 0.2) is 39.8 Å². The molecule has 0 spiro atoms. The summed E-state index contributed by atoms with van der Waals surface area (Å²) in [7, 11) is -3.78. The number of halogens is 1. The number of carbonyl (C=O) groups excluding carboxylic acids is 1. The van der Waals surface area contributed by atoms with Gasteiger partial charge in [0.1, 0.15) is 11.6 Å². The Balaban J connectivity index is 1.42. The fraction of sp³-hybridized carbons (Fsp3) is 0.412. The lowest BCUT2D eigenvalue weighted by Crippen LogP contribution is -2.50. The third-order valence-electron chi connectivity index (χ3n) is 4.69. The lowest BCUT2D eigenvalue weighted by molar-refractivity contribution is 0.0687. The van der Waals surface area contributed by atoms with Crippen molar-refractivity contribution in [1.82, 2.24) is 14.4 Å². The van der Waals surface area contributed by atoms with E-state index in [2.05, 4.69) is 5.16 Å². The summed E-state index contributed by atoms with van der Waals surface area (Å²) in [6.45, 7) is 0.799. The van der Waals surface area contributed by atoms with E-state index in [1.807, 2.05) is 0 Å². The molecule has 2 aliphatic rings. The third-order valence-corrected chi connectivity index (χ3v) is 6.58. The van der Waals surface area contributed by atoms with Crippen molar-refractivity contribution in [2.24, 2.45) is 0 Å². The van der Waals surface area contributed by atoms with Crippen molar-refractivity contribution in [2.45, 2.75) is 23.7 Å². The van der Waals surface area contributed by atoms with Crippen molar-refractivity contribution >= 4 is 15.9 Å². The second kappa shape index (κ2) is 6.48. The first kappa shape index (κ1) is 17.2. The van der Waals surface area contributed by atoms with Crippen LogP contribution in [0.5, 0.6) is 0 Å². The van der Waals surface area contributed by atoms with Gasteiger partial charge < -0.3 is 9.42 Å². The van der Waals surface area contributed by atoms with Crippen LogP contribution in [0.1, 0.15) is 35.0 Å². The minimum absolute atomic E-state index is 0.0807. The van der Waals surface area contributed by atoms with E-state index in [-0.39, 0.29) is 42.7 Å². The minimum Gasteiger partial charge on any atom is -0.360 e. The van der Waals surface area contributed by atoms with Crippen LogP contribution < -0.4 is 0 Å². The van der Waals surface area contributed by atoms with Crippen LogP contribution in [-0.4, -0.2) is 54.9 Å². The second-order valence-electron chi connectivity index (χ2n) is 6.54. The van der Waals surface area contributed by atoms with Crippen LogP contribution in [0.2, 0.25) is 0 Å². The summed E-state index contributed by atoms with van der Waals surface area (Å²) >= 11 is 0. The molecule has 1 aliphatic carbocycles. The number of sulfonamides is 1. The smallest absolute Gasteiger partial charge is 0.276 e. The number of piperazine rings is 1. The summed E-state index contributed by atoms with van der Waals surface area (Å²) < 4.78 is 45.0. The van der Waals surface area contributed by atoms with Gasteiger partial charge in [-0.1, -0.05) is 11.2 Å². The molecule has 26 heavy (non-hydrogen) atoms. The Labute approximate surface area is 150 Å². The summed E-state index contributed by atoms with van der Waals surface area (Å²) in [4.78, 5) is 14.0. The molecule has 1 saturated carbocycles. The molecule has 1 aromatic carbocycles. The zero-order valence-corrected chi connectivity index (χ0v) is 14.8. The van der Waals surface area contributed by atoms with Gasteiger partial charge in [0.05, 0.1) is 4.90 Å². The van der Waals surface area contributed by atoms with Crippen molar-refractivity contribution in [3.05, 3.63) is 47.6 Å². The Kier molecular flexibility index (Phi) is 4.28. The zero-order chi connectivity index (χ0) is 18.3. The molecule has 1 amide bonds. The largest absolute Gasteiger partial charge is 0.360 e. The number of rotatable bonds is 4. The van der Waals surface area contributed by atoms with E-state index in [1.165, 1.54) is 22.5 Å². The van der Waals surface area contributed by atoms with E-state index in [4.69, 9.17) is 4.52 Å². The summed E-state index contributed by atoms with van der Waals surface area (Å²) in [6.07, 6.45) is 2.11. The van der Waals surface area contributed by atoms with E-state index < -0.39 is 15.8 Å². The molecular formula is C17H18FN3O4S. The monoisotopic (exact) mass is 379 g/mol. The van der Waals surface area contributed by atoms with Crippen LogP contribution >= 0.6 is 0 Å². The number of nitrogens with zero attached hydrogens (tertiary/aromatic N) is 3. The first-order valence-corrected chi connectivity index (χ1v) is 9.91. The van der Waals surface area contributed by atoms with Crippen molar-refractivity contribution in [3.63, 3.8) is 0 Å². The third kappa shape index (κ3) is 3.24. The minimum atomic E-state index is -3.78.